The Kier molecular flexibility index (Phi) is 5.90. The number of nitrogens with one attached hydrogen (secondary N) is 2. The lowest BCUT2D eigenvalue weighted by Crippen LogP contribution is -2.19. The van der Waals surface area contributed by atoms with E-state index in [1.165, 1.54) is 25.8 Å². The highest BCUT2D eigenvalue weighted by Crippen LogP contribution is 2.28. The zero-order chi connectivity index (χ0) is 20.1. The second-order valence-electron chi connectivity index (χ2n) is 5.82. The number of aliphatic imine (C=N–C) groups is 1. The number of rotatable bonds is 4. The standard InChI is InChI=1S/C20H17N3O4S/c1-12(24)21-15-7-9-16(10-8-15)22-20-23-18(25)17(28-20)11-13-3-5-14(6-4-13)19(26)27-2/h3-11H,1-2H3,(H,21,24)(H,22,23,25)/b17-11-. The van der Waals surface area contributed by atoms with E-state index in [-0.39, 0.29) is 11.8 Å². The molecule has 2 amide bonds. The van der Waals surface area contributed by atoms with Crippen LogP contribution in [0.4, 0.5) is 11.4 Å². The van der Waals surface area contributed by atoms with Crippen LogP contribution in [0.3, 0.4) is 0 Å². The van der Waals surface area contributed by atoms with E-state index < -0.39 is 5.97 Å². The van der Waals surface area contributed by atoms with Crippen molar-refractivity contribution < 1.29 is 19.1 Å². The third kappa shape index (κ3) is 4.86. The second kappa shape index (κ2) is 8.53. The number of ether oxygens (including phenoxy) is 1. The summed E-state index contributed by atoms with van der Waals surface area (Å²) in [6, 6.07) is 13.7. The SMILES string of the molecule is COC(=O)c1ccc(/C=C2\SC(=Nc3ccc(NC(C)=O)cc3)NC2=O)cc1. The maximum Gasteiger partial charge on any atom is 0.337 e. The molecule has 7 nitrogen and oxygen atoms in total. The summed E-state index contributed by atoms with van der Waals surface area (Å²) in [7, 11) is 1.33. The third-order valence-corrected chi connectivity index (χ3v) is 4.61. The average Bonchev–Trinajstić information content (AvgIpc) is 3.01. The predicted octanol–water partition coefficient (Wildman–Crippen LogP) is 3.32. The first-order valence-electron chi connectivity index (χ1n) is 8.30. The lowest BCUT2D eigenvalue weighted by Gasteiger charge is -2.02. The molecule has 1 heterocycles. The summed E-state index contributed by atoms with van der Waals surface area (Å²) >= 11 is 1.23. The maximum absolute atomic E-state index is 12.2. The van der Waals surface area contributed by atoms with Gasteiger partial charge >= 0.3 is 5.97 Å². The Hall–Kier alpha value is -3.39. The zero-order valence-corrected chi connectivity index (χ0v) is 16.0. The van der Waals surface area contributed by atoms with Crippen molar-refractivity contribution >= 4 is 52.2 Å². The van der Waals surface area contributed by atoms with E-state index in [2.05, 4.69) is 20.4 Å². The number of benzene rings is 2. The van der Waals surface area contributed by atoms with Crippen molar-refractivity contribution in [3.05, 3.63) is 64.6 Å². The van der Waals surface area contributed by atoms with Gasteiger partial charge in [-0.2, -0.15) is 0 Å². The Labute approximate surface area is 165 Å². The van der Waals surface area contributed by atoms with Crippen molar-refractivity contribution in [1.29, 1.82) is 0 Å². The van der Waals surface area contributed by atoms with Crippen LogP contribution in [0.1, 0.15) is 22.8 Å². The van der Waals surface area contributed by atoms with Crippen LogP contribution in [0.25, 0.3) is 6.08 Å². The monoisotopic (exact) mass is 395 g/mol. The van der Waals surface area contributed by atoms with Crippen LogP contribution < -0.4 is 10.6 Å². The van der Waals surface area contributed by atoms with E-state index in [9.17, 15) is 14.4 Å². The molecule has 0 unspecified atom stereocenters. The van der Waals surface area contributed by atoms with Crippen molar-refractivity contribution in [2.75, 3.05) is 12.4 Å². The van der Waals surface area contributed by atoms with Gasteiger partial charge in [-0.1, -0.05) is 12.1 Å². The zero-order valence-electron chi connectivity index (χ0n) is 15.2. The number of nitrogens with zero attached hydrogens (tertiary/aromatic N) is 1. The Morgan fingerprint density at radius 2 is 1.79 bits per heavy atom. The number of methoxy groups -OCH3 is 1. The normalized spacial score (nSPS) is 16.1. The molecule has 3 rings (SSSR count). The van der Waals surface area contributed by atoms with Crippen LogP contribution in [0.5, 0.6) is 0 Å². The first-order valence-corrected chi connectivity index (χ1v) is 9.12. The summed E-state index contributed by atoms with van der Waals surface area (Å²) in [5.74, 6) is -0.797. The minimum atomic E-state index is -0.411. The molecule has 2 N–H and O–H groups in total. The lowest BCUT2D eigenvalue weighted by molar-refractivity contribution is -0.115. The third-order valence-electron chi connectivity index (χ3n) is 3.70. The maximum atomic E-state index is 12.2. The number of anilines is 1. The highest BCUT2D eigenvalue weighted by Gasteiger charge is 2.23. The molecule has 1 fully saturated rings. The molecule has 0 bridgehead atoms. The minimum absolute atomic E-state index is 0.146. The summed E-state index contributed by atoms with van der Waals surface area (Å²) in [4.78, 5) is 39.6. The van der Waals surface area contributed by atoms with Gasteiger partial charge in [0.1, 0.15) is 0 Å². The van der Waals surface area contributed by atoms with Gasteiger partial charge in [0.15, 0.2) is 5.17 Å². The smallest absolute Gasteiger partial charge is 0.337 e. The van der Waals surface area contributed by atoms with E-state index in [0.29, 0.717) is 27.0 Å². The molecule has 8 heteroatoms. The fourth-order valence-electron chi connectivity index (χ4n) is 2.40. The second-order valence-corrected chi connectivity index (χ2v) is 6.85. The van der Waals surface area contributed by atoms with Crippen LogP contribution in [0.15, 0.2) is 58.4 Å². The number of thioether (sulfide) groups is 1. The highest BCUT2D eigenvalue weighted by molar-refractivity contribution is 8.18. The van der Waals surface area contributed by atoms with Gasteiger partial charge in [0.05, 0.1) is 23.3 Å². The first kappa shape index (κ1) is 19.4. The number of hydrogen-bond donors (Lipinski definition) is 2. The molecule has 1 aliphatic rings. The van der Waals surface area contributed by atoms with Crippen molar-refractivity contribution in [3.63, 3.8) is 0 Å². The molecule has 0 aliphatic carbocycles. The Bertz CT molecular complexity index is 980. The van der Waals surface area contributed by atoms with Crippen molar-refractivity contribution in [3.8, 4) is 0 Å². The largest absolute Gasteiger partial charge is 0.465 e. The van der Waals surface area contributed by atoms with Crippen molar-refractivity contribution in [2.45, 2.75) is 6.92 Å². The molecule has 0 spiro atoms. The summed E-state index contributed by atoms with van der Waals surface area (Å²) in [6.45, 7) is 1.44. The first-order chi connectivity index (χ1) is 13.4. The van der Waals surface area contributed by atoms with E-state index in [1.807, 2.05) is 0 Å². The van der Waals surface area contributed by atoms with Crippen molar-refractivity contribution in [2.24, 2.45) is 4.99 Å². The molecule has 0 saturated carbocycles. The van der Waals surface area contributed by atoms with Crippen LogP contribution in [0.2, 0.25) is 0 Å². The highest BCUT2D eigenvalue weighted by atomic mass is 32.2. The minimum Gasteiger partial charge on any atom is -0.465 e. The van der Waals surface area contributed by atoms with Gasteiger partial charge in [0.25, 0.3) is 5.91 Å². The molecule has 0 aromatic heterocycles. The van der Waals surface area contributed by atoms with Crippen LogP contribution >= 0.6 is 11.8 Å². The van der Waals surface area contributed by atoms with E-state index in [0.717, 1.165) is 5.56 Å². The molecule has 0 radical (unpaired) electrons. The van der Waals surface area contributed by atoms with Gasteiger partial charge in [-0.05, 0) is 59.8 Å². The van der Waals surface area contributed by atoms with E-state index >= 15 is 0 Å². The molecule has 142 valence electrons. The molecular weight excluding hydrogens is 378 g/mol. The van der Waals surface area contributed by atoms with Gasteiger partial charge < -0.3 is 15.4 Å². The molecule has 1 saturated heterocycles. The summed E-state index contributed by atoms with van der Waals surface area (Å²) in [5, 5.41) is 5.87. The molecule has 2 aromatic rings. The number of amidine groups is 1. The molecule has 2 aromatic carbocycles. The van der Waals surface area contributed by atoms with Gasteiger partial charge in [-0.25, -0.2) is 9.79 Å². The molecule has 1 aliphatic heterocycles. The van der Waals surface area contributed by atoms with Gasteiger partial charge in [0.2, 0.25) is 5.91 Å². The Morgan fingerprint density at radius 1 is 1.11 bits per heavy atom. The van der Waals surface area contributed by atoms with E-state index in [1.54, 1.807) is 54.6 Å². The number of amides is 2. The lowest BCUT2D eigenvalue weighted by atomic mass is 10.1. The topological polar surface area (TPSA) is 96.9 Å². The summed E-state index contributed by atoms with van der Waals surface area (Å²) in [5.41, 5.74) is 2.56. The number of carbonyl (C=O) groups is 3. The number of hydrogen-bond acceptors (Lipinski definition) is 6. The molecule has 28 heavy (non-hydrogen) atoms. The number of esters is 1. The van der Waals surface area contributed by atoms with Crippen LogP contribution in [-0.2, 0) is 14.3 Å². The Balaban J connectivity index is 1.72. The van der Waals surface area contributed by atoms with Gasteiger partial charge in [0, 0.05) is 12.6 Å². The molecular formula is C20H17N3O4S. The summed E-state index contributed by atoms with van der Waals surface area (Å²) < 4.78 is 4.66. The Morgan fingerprint density at radius 3 is 2.39 bits per heavy atom. The average molecular weight is 395 g/mol. The fraction of sp³-hybridized carbons (Fsp3) is 0.100. The van der Waals surface area contributed by atoms with Crippen LogP contribution in [-0.4, -0.2) is 30.1 Å². The molecule has 0 atom stereocenters. The predicted molar refractivity (Wildman–Crippen MR) is 109 cm³/mol. The van der Waals surface area contributed by atoms with Crippen molar-refractivity contribution in [1.82, 2.24) is 5.32 Å². The number of carbonyl (C=O) groups excluding carboxylic acids is 3. The quantitative estimate of drug-likeness (QED) is 0.611. The summed E-state index contributed by atoms with van der Waals surface area (Å²) in [6.07, 6.45) is 1.73. The van der Waals surface area contributed by atoms with Gasteiger partial charge in [-0.3, -0.25) is 9.59 Å². The van der Waals surface area contributed by atoms with Crippen LogP contribution in [0, 0.1) is 0 Å². The van der Waals surface area contributed by atoms with E-state index in [4.69, 9.17) is 0 Å². The van der Waals surface area contributed by atoms with Gasteiger partial charge in [-0.15, -0.1) is 0 Å². The fourth-order valence-corrected chi connectivity index (χ4v) is 3.25.